The highest BCUT2D eigenvalue weighted by atomic mass is 16.5. The van der Waals surface area contributed by atoms with E-state index in [4.69, 9.17) is 9.47 Å². The number of methoxy groups -OCH3 is 1. The molecular formula is C29H40N2O4. The highest BCUT2D eigenvalue weighted by molar-refractivity contribution is 5.88. The van der Waals surface area contributed by atoms with Crippen LogP contribution in [0.2, 0.25) is 0 Å². The van der Waals surface area contributed by atoms with Gasteiger partial charge in [0, 0.05) is 12.6 Å². The van der Waals surface area contributed by atoms with Gasteiger partial charge < -0.3 is 19.7 Å². The van der Waals surface area contributed by atoms with Crippen LogP contribution in [0.25, 0.3) is 0 Å². The maximum atomic E-state index is 13.4. The number of hydrogen-bond donors (Lipinski definition) is 1. The molecule has 1 aliphatic rings. The van der Waals surface area contributed by atoms with E-state index in [0.717, 1.165) is 37.0 Å². The van der Waals surface area contributed by atoms with Crippen LogP contribution in [-0.2, 0) is 16.1 Å². The van der Waals surface area contributed by atoms with Gasteiger partial charge in [-0.25, -0.2) is 0 Å². The normalized spacial score (nSPS) is 14.9. The lowest BCUT2D eigenvalue weighted by Gasteiger charge is -2.32. The molecule has 1 saturated carbocycles. The Morgan fingerprint density at radius 3 is 2.37 bits per heavy atom. The van der Waals surface area contributed by atoms with Gasteiger partial charge in [-0.15, -0.1) is 0 Å². The van der Waals surface area contributed by atoms with E-state index in [9.17, 15) is 9.59 Å². The second-order valence-corrected chi connectivity index (χ2v) is 9.65. The van der Waals surface area contributed by atoms with Crippen LogP contribution in [0.1, 0.15) is 76.3 Å². The summed E-state index contributed by atoms with van der Waals surface area (Å²) in [6.07, 6.45) is 6.02. The molecule has 190 valence electrons. The van der Waals surface area contributed by atoms with Crippen molar-refractivity contribution < 1.29 is 19.1 Å². The minimum Gasteiger partial charge on any atom is -0.497 e. The Morgan fingerprint density at radius 1 is 1.03 bits per heavy atom. The number of carbonyl (C=O) groups is 2. The predicted molar refractivity (Wildman–Crippen MR) is 139 cm³/mol. The van der Waals surface area contributed by atoms with Crippen molar-refractivity contribution in [3.63, 3.8) is 0 Å². The molecule has 0 unspecified atom stereocenters. The molecular weight excluding hydrogens is 440 g/mol. The quantitative estimate of drug-likeness (QED) is 0.464. The zero-order valence-electron chi connectivity index (χ0n) is 21.6. The third-order valence-corrected chi connectivity index (χ3v) is 6.73. The van der Waals surface area contributed by atoms with E-state index >= 15 is 0 Å². The van der Waals surface area contributed by atoms with Crippen LogP contribution in [0.3, 0.4) is 0 Å². The average molecular weight is 481 g/mol. The first-order valence-corrected chi connectivity index (χ1v) is 12.9. The Hall–Kier alpha value is -3.02. The summed E-state index contributed by atoms with van der Waals surface area (Å²) in [6, 6.07) is 15.1. The lowest BCUT2D eigenvalue weighted by atomic mass is 9.95. The summed E-state index contributed by atoms with van der Waals surface area (Å²) in [5.74, 6) is 1.49. The number of benzene rings is 2. The summed E-state index contributed by atoms with van der Waals surface area (Å²) < 4.78 is 11.2. The minimum absolute atomic E-state index is 0.0862. The van der Waals surface area contributed by atoms with Crippen LogP contribution >= 0.6 is 0 Å². The molecule has 1 fully saturated rings. The topological polar surface area (TPSA) is 67.9 Å². The molecule has 0 spiro atoms. The van der Waals surface area contributed by atoms with E-state index in [0.29, 0.717) is 24.6 Å². The van der Waals surface area contributed by atoms with Crippen molar-refractivity contribution in [2.75, 3.05) is 13.7 Å². The lowest BCUT2D eigenvalue weighted by Crippen LogP contribution is -2.52. The maximum absolute atomic E-state index is 13.4. The van der Waals surface area contributed by atoms with E-state index < -0.39 is 6.04 Å². The Morgan fingerprint density at radius 2 is 1.74 bits per heavy atom. The fourth-order valence-electron chi connectivity index (χ4n) is 4.61. The highest BCUT2D eigenvalue weighted by Gasteiger charge is 2.30. The maximum Gasteiger partial charge on any atom is 0.261 e. The van der Waals surface area contributed by atoms with Gasteiger partial charge in [-0.05, 0) is 60.6 Å². The second kappa shape index (κ2) is 13.2. The molecule has 0 aromatic heterocycles. The van der Waals surface area contributed by atoms with E-state index in [1.807, 2.05) is 55.5 Å². The highest BCUT2D eigenvalue weighted by Crippen LogP contribution is 2.21. The monoisotopic (exact) mass is 480 g/mol. The van der Waals surface area contributed by atoms with Crippen molar-refractivity contribution >= 4 is 11.8 Å². The molecule has 1 aliphatic carbocycles. The van der Waals surface area contributed by atoms with Gasteiger partial charge in [0.25, 0.3) is 5.91 Å². The van der Waals surface area contributed by atoms with Crippen LogP contribution in [-0.4, -0.2) is 42.5 Å². The molecule has 0 aliphatic heterocycles. The summed E-state index contributed by atoms with van der Waals surface area (Å²) in [7, 11) is 1.62. The average Bonchev–Trinajstić information content (AvgIpc) is 2.88. The molecule has 0 radical (unpaired) electrons. The molecule has 1 atom stereocenters. The van der Waals surface area contributed by atoms with Crippen LogP contribution in [0.15, 0.2) is 48.5 Å². The van der Waals surface area contributed by atoms with Crippen molar-refractivity contribution in [1.29, 1.82) is 0 Å². The predicted octanol–water partition coefficient (Wildman–Crippen LogP) is 5.45. The van der Waals surface area contributed by atoms with Crippen LogP contribution in [0.5, 0.6) is 11.5 Å². The molecule has 0 heterocycles. The third-order valence-electron chi connectivity index (χ3n) is 6.73. The molecule has 3 rings (SSSR count). The smallest absolute Gasteiger partial charge is 0.261 e. The molecule has 2 aromatic rings. The first-order chi connectivity index (χ1) is 16.9. The van der Waals surface area contributed by atoms with Gasteiger partial charge in [-0.1, -0.05) is 64.3 Å². The summed E-state index contributed by atoms with van der Waals surface area (Å²) in [6.45, 7) is 6.40. The first-order valence-electron chi connectivity index (χ1n) is 12.9. The summed E-state index contributed by atoms with van der Waals surface area (Å²) in [4.78, 5) is 28.4. The lowest BCUT2D eigenvalue weighted by molar-refractivity contribution is -0.143. The molecule has 0 saturated heterocycles. The first kappa shape index (κ1) is 26.6. The summed E-state index contributed by atoms with van der Waals surface area (Å²) in [5.41, 5.74) is 2.12. The molecule has 6 nitrogen and oxygen atoms in total. The fourth-order valence-corrected chi connectivity index (χ4v) is 4.61. The van der Waals surface area contributed by atoms with Crippen molar-refractivity contribution in [2.24, 2.45) is 0 Å². The number of nitrogens with one attached hydrogen (secondary N) is 1. The van der Waals surface area contributed by atoms with Gasteiger partial charge in [0.05, 0.1) is 7.11 Å². The molecule has 2 amide bonds. The van der Waals surface area contributed by atoms with Crippen molar-refractivity contribution in [2.45, 2.75) is 83.8 Å². The van der Waals surface area contributed by atoms with Gasteiger partial charge >= 0.3 is 0 Å². The van der Waals surface area contributed by atoms with E-state index in [1.54, 1.807) is 12.0 Å². The van der Waals surface area contributed by atoms with E-state index in [2.05, 4.69) is 19.2 Å². The van der Waals surface area contributed by atoms with Gasteiger partial charge in [0.2, 0.25) is 5.91 Å². The zero-order chi connectivity index (χ0) is 25.2. The number of ether oxygens (including phenoxy) is 2. The number of rotatable bonds is 11. The Balaban J connectivity index is 1.75. The van der Waals surface area contributed by atoms with Gasteiger partial charge in [-0.3, -0.25) is 9.59 Å². The molecule has 0 bridgehead atoms. The van der Waals surface area contributed by atoms with Gasteiger partial charge in [-0.2, -0.15) is 0 Å². The number of amides is 2. The zero-order valence-corrected chi connectivity index (χ0v) is 21.6. The van der Waals surface area contributed by atoms with Crippen LogP contribution in [0.4, 0.5) is 0 Å². The third kappa shape index (κ3) is 7.74. The summed E-state index contributed by atoms with van der Waals surface area (Å²) in [5, 5.41) is 3.21. The number of carbonyl (C=O) groups excluding carboxylic acids is 2. The Labute approximate surface area is 210 Å². The number of nitrogens with zero attached hydrogens (tertiary/aromatic N) is 1. The van der Waals surface area contributed by atoms with Crippen molar-refractivity contribution in [1.82, 2.24) is 10.2 Å². The minimum atomic E-state index is -0.567. The van der Waals surface area contributed by atoms with Crippen molar-refractivity contribution in [3.05, 3.63) is 59.7 Å². The van der Waals surface area contributed by atoms with Gasteiger partial charge in [0.15, 0.2) is 6.61 Å². The van der Waals surface area contributed by atoms with Crippen molar-refractivity contribution in [3.8, 4) is 11.5 Å². The molecule has 2 aromatic carbocycles. The largest absolute Gasteiger partial charge is 0.497 e. The second-order valence-electron chi connectivity index (χ2n) is 9.65. The molecule has 1 N–H and O–H groups in total. The standard InChI is InChI=1S/C29H40N2O4/c1-5-27(29(33)30-24-11-7-6-8-12-24)31(19-22-10-9-13-26(18-22)34-4)28(32)20-35-25-16-14-23(15-17-25)21(2)3/h9-10,13-18,21,24,27H,5-8,11-12,19-20H2,1-4H3,(H,30,33)/t27-/m0/s1. The van der Waals surface area contributed by atoms with E-state index in [-0.39, 0.29) is 24.5 Å². The fraction of sp³-hybridized carbons (Fsp3) is 0.517. The van der Waals surface area contributed by atoms with Crippen LogP contribution in [0, 0.1) is 0 Å². The SMILES string of the molecule is CC[C@@H](C(=O)NC1CCCCC1)N(Cc1cccc(OC)c1)C(=O)COc1ccc(C(C)C)cc1. The van der Waals surface area contributed by atoms with Gasteiger partial charge in [0.1, 0.15) is 17.5 Å². The number of hydrogen-bond acceptors (Lipinski definition) is 4. The molecule has 6 heteroatoms. The van der Waals surface area contributed by atoms with Crippen LogP contribution < -0.4 is 14.8 Å². The Kier molecular flexibility index (Phi) is 10.0. The molecule has 35 heavy (non-hydrogen) atoms. The summed E-state index contributed by atoms with van der Waals surface area (Å²) >= 11 is 0. The Bertz CT molecular complexity index is 951. The van der Waals surface area contributed by atoms with E-state index in [1.165, 1.54) is 12.0 Å².